The maximum absolute atomic E-state index is 11.5. The Labute approximate surface area is 137 Å². The lowest BCUT2D eigenvalue weighted by atomic mass is 10.5. The highest BCUT2D eigenvalue weighted by Crippen LogP contribution is 2.36. The van der Waals surface area contributed by atoms with E-state index in [-0.39, 0.29) is 15.8 Å². The largest absolute Gasteiger partial charge is 0.371 e. The van der Waals surface area contributed by atoms with Gasteiger partial charge in [-0.05, 0) is 31.2 Å². The monoisotopic (exact) mass is 379 g/mol. The summed E-state index contributed by atoms with van der Waals surface area (Å²) < 4.78 is 51.4. The molecule has 0 unspecified atom stereocenters. The molecule has 0 atom stereocenters. The fourth-order valence-electron chi connectivity index (χ4n) is 1.35. The lowest BCUT2D eigenvalue weighted by molar-refractivity contribution is 0.494. The third-order valence-corrected chi connectivity index (χ3v) is 6.67. The van der Waals surface area contributed by atoms with Crippen LogP contribution in [0.4, 0.5) is 0 Å². The smallest absolute Gasteiger partial charge is 0.309 e. The number of hydrogen-bond acceptors (Lipinski definition) is 8. The Hall–Kier alpha value is -1.10. The molecule has 0 aliphatic rings. The van der Waals surface area contributed by atoms with Gasteiger partial charge < -0.3 is 4.18 Å². The van der Waals surface area contributed by atoms with Gasteiger partial charge in [-0.15, -0.1) is 0 Å². The zero-order chi connectivity index (χ0) is 16.4. The number of pyridine rings is 1. The van der Waals surface area contributed by atoms with E-state index in [1.165, 1.54) is 24.8 Å². The number of hydrogen-bond donors (Lipinski definition) is 0. The molecule has 0 amide bonds. The Kier molecular flexibility index (Phi) is 5.15. The lowest BCUT2D eigenvalue weighted by Gasteiger charge is -2.02. The third kappa shape index (κ3) is 4.70. The van der Waals surface area contributed by atoms with Gasteiger partial charge in [0.1, 0.15) is 5.03 Å². The summed E-state index contributed by atoms with van der Waals surface area (Å²) in [4.78, 5) is 4.06. The van der Waals surface area contributed by atoms with Gasteiger partial charge in [0.25, 0.3) is 0 Å². The molecule has 120 valence electrons. The van der Waals surface area contributed by atoms with Gasteiger partial charge in [-0.3, -0.25) is 0 Å². The molecule has 2 aromatic rings. The van der Waals surface area contributed by atoms with Crippen LogP contribution in [0, 0.1) is 0 Å². The molecule has 2 rings (SSSR count). The molecule has 10 heteroatoms. The number of rotatable bonds is 6. The second kappa shape index (κ2) is 6.57. The van der Waals surface area contributed by atoms with Crippen molar-refractivity contribution in [3.63, 3.8) is 0 Å². The van der Waals surface area contributed by atoms with Crippen molar-refractivity contribution in [3.8, 4) is 5.06 Å². The summed E-state index contributed by atoms with van der Waals surface area (Å²) in [6, 6.07) is 7.97. The van der Waals surface area contributed by atoms with Gasteiger partial charge in [0, 0.05) is 6.26 Å². The molecule has 0 fully saturated rings. The molecular weight excluding hydrogens is 366 g/mol. The van der Waals surface area contributed by atoms with Crippen molar-refractivity contribution in [1.82, 2.24) is 4.98 Å². The Balaban J connectivity index is 2.17. The normalized spacial score (nSPS) is 12.3. The van der Waals surface area contributed by atoms with Gasteiger partial charge in [-0.25, -0.2) is 13.4 Å². The number of aromatic nitrogens is 1. The van der Waals surface area contributed by atoms with Crippen LogP contribution < -0.4 is 4.18 Å². The SMILES string of the molecule is CCS(=O)(=O)Oc1ccc(Sc2cccc(S(C)(=O)=O)n2)s1. The minimum atomic E-state index is -3.55. The quantitative estimate of drug-likeness (QED) is 0.712. The van der Waals surface area contributed by atoms with Crippen molar-refractivity contribution < 1.29 is 21.0 Å². The predicted octanol–water partition coefficient (Wildman–Crippen LogP) is 2.43. The topological polar surface area (TPSA) is 90.4 Å². The highest BCUT2D eigenvalue weighted by molar-refractivity contribution is 8.01. The zero-order valence-electron chi connectivity index (χ0n) is 11.7. The van der Waals surface area contributed by atoms with Crippen LogP contribution in [0.25, 0.3) is 0 Å². The second-order valence-corrected chi connectivity index (χ2v) is 10.4. The Bertz CT molecular complexity index is 870. The van der Waals surface area contributed by atoms with Crippen LogP contribution in [0.15, 0.2) is 44.6 Å². The van der Waals surface area contributed by atoms with E-state index in [0.717, 1.165) is 21.8 Å². The first-order valence-electron chi connectivity index (χ1n) is 6.06. The average molecular weight is 380 g/mol. The number of sulfone groups is 1. The summed E-state index contributed by atoms with van der Waals surface area (Å²) in [6.07, 6.45) is 1.09. The summed E-state index contributed by atoms with van der Waals surface area (Å²) in [6.45, 7) is 1.50. The Morgan fingerprint density at radius 3 is 2.55 bits per heavy atom. The van der Waals surface area contributed by atoms with Gasteiger partial charge in [0.2, 0.25) is 0 Å². The summed E-state index contributed by atoms with van der Waals surface area (Å²) in [5.74, 6) is -0.106. The minimum Gasteiger partial charge on any atom is -0.371 e. The van der Waals surface area contributed by atoms with Gasteiger partial charge in [0.15, 0.2) is 19.9 Å². The molecule has 6 nitrogen and oxygen atoms in total. The molecule has 0 radical (unpaired) electrons. The first kappa shape index (κ1) is 17.3. The fourth-order valence-corrected chi connectivity index (χ4v) is 4.64. The minimum absolute atomic E-state index is 0.000842. The summed E-state index contributed by atoms with van der Waals surface area (Å²) in [7, 11) is -6.92. The molecule has 2 heterocycles. The maximum Gasteiger partial charge on any atom is 0.309 e. The molecule has 0 saturated carbocycles. The van der Waals surface area contributed by atoms with Crippen LogP contribution in [0.1, 0.15) is 6.92 Å². The van der Waals surface area contributed by atoms with Crippen molar-refractivity contribution in [1.29, 1.82) is 0 Å². The lowest BCUT2D eigenvalue weighted by Crippen LogP contribution is -2.10. The van der Waals surface area contributed by atoms with E-state index in [2.05, 4.69) is 4.98 Å². The first-order valence-corrected chi connectivity index (χ1v) is 11.2. The van der Waals surface area contributed by atoms with Crippen LogP contribution in [-0.4, -0.2) is 33.8 Å². The molecule has 0 N–H and O–H groups in total. The molecule has 0 saturated heterocycles. The van der Waals surface area contributed by atoms with E-state index in [0.29, 0.717) is 5.03 Å². The Morgan fingerprint density at radius 2 is 1.91 bits per heavy atom. The first-order chi connectivity index (χ1) is 10.2. The van der Waals surface area contributed by atoms with Gasteiger partial charge in [0.05, 0.1) is 9.96 Å². The second-order valence-electron chi connectivity index (χ2n) is 4.19. The van der Waals surface area contributed by atoms with Gasteiger partial charge in [-0.2, -0.15) is 8.42 Å². The molecule has 0 bridgehead atoms. The standard InChI is InChI=1S/C12H13NO5S4/c1-3-22(16,17)18-11-7-8-12(20-11)19-9-5-4-6-10(13-9)21(2,14)15/h4-8H,3H2,1-2H3. The van der Waals surface area contributed by atoms with Crippen molar-refractivity contribution in [2.75, 3.05) is 12.0 Å². The summed E-state index contributed by atoms with van der Waals surface area (Å²) in [5, 5.41) is 0.775. The Morgan fingerprint density at radius 1 is 1.18 bits per heavy atom. The third-order valence-electron chi connectivity index (χ3n) is 2.40. The fraction of sp³-hybridized carbons (Fsp3) is 0.250. The predicted molar refractivity (Wildman–Crippen MR) is 85.9 cm³/mol. The van der Waals surface area contributed by atoms with Crippen LogP contribution in [-0.2, 0) is 20.0 Å². The van der Waals surface area contributed by atoms with Crippen molar-refractivity contribution in [2.45, 2.75) is 21.2 Å². The van der Waals surface area contributed by atoms with E-state index in [1.807, 2.05) is 0 Å². The molecule has 0 aliphatic carbocycles. The highest BCUT2D eigenvalue weighted by atomic mass is 32.2. The van der Waals surface area contributed by atoms with Crippen molar-refractivity contribution in [3.05, 3.63) is 30.3 Å². The van der Waals surface area contributed by atoms with E-state index >= 15 is 0 Å². The zero-order valence-corrected chi connectivity index (χ0v) is 15.0. The van der Waals surface area contributed by atoms with Gasteiger partial charge >= 0.3 is 10.1 Å². The van der Waals surface area contributed by atoms with Gasteiger partial charge in [-0.1, -0.05) is 29.2 Å². The molecule has 0 aliphatic heterocycles. The summed E-state index contributed by atoms with van der Waals surface area (Å²) >= 11 is 2.40. The van der Waals surface area contributed by atoms with Crippen LogP contribution in [0.2, 0.25) is 0 Å². The van der Waals surface area contributed by atoms with E-state index in [1.54, 1.807) is 24.3 Å². The van der Waals surface area contributed by atoms with E-state index in [4.69, 9.17) is 4.18 Å². The summed E-state index contributed by atoms with van der Waals surface area (Å²) in [5.41, 5.74) is 0. The van der Waals surface area contributed by atoms with Crippen LogP contribution >= 0.6 is 23.1 Å². The molecule has 2 aromatic heterocycles. The van der Waals surface area contributed by atoms with Crippen molar-refractivity contribution in [2.24, 2.45) is 0 Å². The molecule has 0 spiro atoms. The van der Waals surface area contributed by atoms with E-state index in [9.17, 15) is 16.8 Å². The van der Waals surface area contributed by atoms with E-state index < -0.39 is 20.0 Å². The number of thiophene rings is 1. The van der Waals surface area contributed by atoms with Crippen LogP contribution in [0.3, 0.4) is 0 Å². The van der Waals surface area contributed by atoms with Crippen LogP contribution in [0.5, 0.6) is 5.06 Å². The molecule has 22 heavy (non-hydrogen) atoms. The molecular formula is C12H13NO5S4. The maximum atomic E-state index is 11.5. The highest BCUT2D eigenvalue weighted by Gasteiger charge is 2.13. The average Bonchev–Trinajstić information content (AvgIpc) is 2.84. The number of nitrogens with zero attached hydrogens (tertiary/aromatic N) is 1. The van der Waals surface area contributed by atoms with Crippen molar-refractivity contribution >= 4 is 43.1 Å². The molecule has 0 aromatic carbocycles.